The van der Waals surface area contributed by atoms with Gasteiger partial charge in [-0.05, 0) is 52.3 Å². The van der Waals surface area contributed by atoms with E-state index in [1.165, 1.54) is 0 Å². The third-order valence-corrected chi connectivity index (χ3v) is 6.53. The number of sulfonamides is 1. The van der Waals surface area contributed by atoms with Gasteiger partial charge in [-0.1, -0.05) is 24.1 Å². The van der Waals surface area contributed by atoms with Gasteiger partial charge in [-0.15, -0.1) is 0 Å². The van der Waals surface area contributed by atoms with Crippen LogP contribution in [0.5, 0.6) is 0 Å². The highest BCUT2D eigenvalue weighted by Crippen LogP contribution is 2.28. The summed E-state index contributed by atoms with van der Waals surface area (Å²) >= 11 is 0. The number of aryl methyl sites for hydroxylation is 2. The van der Waals surface area contributed by atoms with Crippen molar-refractivity contribution in [2.24, 2.45) is 0 Å². The van der Waals surface area contributed by atoms with E-state index in [-0.39, 0.29) is 12.1 Å². The van der Waals surface area contributed by atoms with E-state index >= 15 is 0 Å². The smallest absolute Gasteiger partial charge is 0.243 e. The van der Waals surface area contributed by atoms with Crippen LogP contribution >= 0.6 is 0 Å². The number of nitrogens with zero attached hydrogens (tertiary/aromatic N) is 1. The Balaban J connectivity index is 2.40. The van der Waals surface area contributed by atoms with Gasteiger partial charge in [-0.25, -0.2) is 8.42 Å². The maximum atomic E-state index is 13.0. The molecule has 2 rings (SSSR count). The Hall–Kier alpha value is -0.910. The summed E-state index contributed by atoms with van der Waals surface area (Å²) in [6, 6.07) is 5.75. The minimum absolute atomic E-state index is 0.0365. The minimum Gasteiger partial charge on any atom is -0.316 e. The molecule has 0 aromatic heterocycles. The van der Waals surface area contributed by atoms with Crippen LogP contribution in [0.3, 0.4) is 0 Å². The summed E-state index contributed by atoms with van der Waals surface area (Å²) in [5.41, 5.74) is 1.92. The molecule has 0 saturated carbocycles. The number of rotatable bonds is 4. The fourth-order valence-corrected chi connectivity index (χ4v) is 5.11. The predicted octanol–water partition coefficient (Wildman–Crippen LogP) is 2.45. The predicted molar refractivity (Wildman–Crippen MR) is 86.0 cm³/mol. The van der Waals surface area contributed by atoms with Crippen molar-refractivity contribution >= 4 is 10.0 Å². The van der Waals surface area contributed by atoms with E-state index in [0.717, 1.165) is 30.4 Å². The molecule has 0 radical (unpaired) electrons. The largest absolute Gasteiger partial charge is 0.316 e. The van der Waals surface area contributed by atoms with Gasteiger partial charge in [-0.2, -0.15) is 4.31 Å². The van der Waals surface area contributed by atoms with Crippen molar-refractivity contribution in [2.75, 3.05) is 13.6 Å². The topological polar surface area (TPSA) is 49.4 Å². The molecule has 0 amide bonds. The third kappa shape index (κ3) is 3.30. The maximum absolute atomic E-state index is 13.0. The van der Waals surface area contributed by atoms with Crippen LogP contribution in [0.25, 0.3) is 0 Å². The molecule has 1 fully saturated rings. The lowest BCUT2D eigenvalue weighted by Gasteiger charge is -2.38. The molecule has 0 aliphatic carbocycles. The van der Waals surface area contributed by atoms with Gasteiger partial charge in [0.25, 0.3) is 0 Å². The lowest BCUT2D eigenvalue weighted by Crippen LogP contribution is -2.52. The average molecular weight is 310 g/mol. The molecule has 0 bridgehead atoms. The van der Waals surface area contributed by atoms with Gasteiger partial charge in [-0.3, -0.25) is 0 Å². The lowest BCUT2D eigenvalue weighted by atomic mass is 9.99. The molecular formula is C16H26N2O2S. The highest BCUT2D eigenvalue weighted by molar-refractivity contribution is 7.89. The van der Waals surface area contributed by atoms with Gasteiger partial charge < -0.3 is 5.32 Å². The van der Waals surface area contributed by atoms with Crippen LogP contribution in [-0.4, -0.2) is 38.4 Å². The van der Waals surface area contributed by atoms with Crippen molar-refractivity contribution in [3.05, 3.63) is 29.3 Å². The van der Waals surface area contributed by atoms with E-state index in [2.05, 4.69) is 12.2 Å². The molecule has 1 aliphatic heterocycles. The summed E-state index contributed by atoms with van der Waals surface area (Å²) in [4.78, 5) is 0.448. The van der Waals surface area contributed by atoms with E-state index in [1.54, 1.807) is 10.4 Å². The maximum Gasteiger partial charge on any atom is 0.243 e. The van der Waals surface area contributed by atoms with Crippen molar-refractivity contribution in [3.63, 3.8) is 0 Å². The zero-order valence-corrected chi connectivity index (χ0v) is 14.2. The van der Waals surface area contributed by atoms with Crippen LogP contribution in [0, 0.1) is 13.8 Å². The second kappa shape index (κ2) is 6.46. The lowest BCUT2D eigenvalue weighted by molar-refractivity contribution is 0.213. The molecular weight excluding hydrogens is 284 g/mol. The molecule has 1 N–H and O–H groups in total. The molecule has 4 nitrogen and oxygen atoms in total. The monoisotopic (exact) mass is 310 g/mol. The molecule has 2 atom stereocenters. The van der Waals surface area contributed by atoms with Crippen LogP contribution in [0.1, 0.15) is 37.3 Å². The Labute approximate surface area is 128 Å². The Morgan fingerprint density at radius 1 is 1.29 bits per heavy atom. The highest BCUT2D eigenvalue weighted by Gasteiger charge is 2.36. The van der Waals surface area contributed by atoms with Gasteiger partial charge >= 0.3 is 0 Å². The molecule has 21 heavy (non-hydrogen) atoms. The van der Waals surface area contributed by atoms with Crippen LogP contribution in [0.4, 0.5) is 0 Å². The van der Waals surface area contributed by atoms with E-state index in [1.807, 2.05) is 33.0 Å². The second-order valence-corrected chi connectivity index (χ2v) is 7.88. The molecule has 1 aliphatic rings. The summed E-state index contributed by atoms with van der Waals surface area (Å²) in [5.74, 6) is 0. The van der Waals surface area contributed by atoms with E-state index in [9.17, 15) is 8.42 Å². The summed E-state index contributed by atoms with van der Waals surface area (Å²) < 4.78 is 27.8. The van der Waals surface area contributed by atoms with Gasteiger partial charge in [0, 0.05) is 18.6 Å². The standard InChI is InChI=1S/C16H26N2O2S/c1-12-8-9-16(13(2)11-12)21(19,20)18-10-6-5-7-15(18)14(3)17-4/h8-9,11,14-15,17H,5-7,10H2,1-4H3. The van der Waals surface area contributed by atoms with Crippen molar-refractivity contribution < 1.29 is 8.42 Å². The molecule has 118 valence electrons. The van der Waals surface area contributed by atoms with Crippen LogP contribution in [0.15, 0.2) is 23.1 Å². The van der Waals surface area contributed by atoms with Gasteiger partial charge in [0.15, 0.2) is 0 Å². The number of hydrogen-bond donors (Lipinski definition) is 1. The number of likely N-dealkylation sites (N-methyl/N-ethyl adjacent to an activating group) is 1. The quantitative estimate of drug-likeness (QED) is 0.929. The van der Waals surface area contributed by atoms with Gasteiger partial charge in [0.05, 0.1) is 4.90 Å². The number of piperidine rings is 1. The zero-order valence-electron chi connectivity index (χ0n) is 13.4. The molecule has 1 aromatic carbocycles. The second-order valence-electron chi connectivity index (χ2n) is 6.03. The van der Waals surface area contributed by atoms with Crippen molar-refractivity contribution in [2.45, 2.75) is 57.0 Å². The molecule has 2 unspecified atom stereocenters. The average Bonchev–Trinajstić information content (AvgIpc) is 2.46. The van der Waals surface area contributed by atoms with E-state index < -0.39 is 10.0 Å². The van der Waals surface area contributed by atoms with Crippen LogP contribution in [-0.2, 0) is 10.0 Å². The van der Waals surface area contributed by atoms with Gasteiger partial charge in [0.2, 0.25) is 10.0 Å². The fraction of sp³-hybridized carbons (Fsp3) is 0.625. The van der Waals surface area contributed by atoms with Crippen molar-refractivity contribution in [1.29, 1.82) is 0 Å². The summed E-state index contributed by atoms with van der Waals surface area (Å²) in [7, 11) is -1.53. The summed E-state index contributed by atoms with van der Waals surface area (Å²) in [5, 5.41) is 3.21. The van der Waals surface area contributed by atoms with Gasteiger partial charge in [0.1, 0.15) is 0 Å². The number of hydrogen-bond acceptors (Lipinski definition) is 3. The molecule has 1 heterocycles. The van der Waals surface area contributed by atoms with E-state index in [4.69, 9.17) is 0 Å². The van der Waals surface area contributed by atoms with Crippen LogP contribution in [0.2, 0.25) is 0 Å². The summed E-state index contributed by atoms with van der Waals surface area (Å²) in [6.45, 7) is 6.53. The molecule has 0 spiro atoms. The third-order valence-electron chi connectivity index (χ3n) is 4.45. The van der Waals surface area contributed by atoms with Crippen molar-refractivity contribution in [3.8, 4) is 0 Å². The first-order valence-electron chi connectivity index (χ1n) is 7.64. The van der Waals surface area contributed by atoms with Crippen molar-refractivity contribution in [1.82, 2.24) is 9.62 Å². The number of nitrogens with one attached hydrogen (secondary N) is 1. The SMILES string of the molecule is CNC(C)C1CCCCN1S(=O)(=O)c1ccc(C)cc1C. The zero-order chi connectivity index (χ0) is 15.6. The molecule has 1 aromatic rings. The van der Waals surface area contributed by atoms with Crippen LogP contribution < -0.4 is 5.32 Å². The Kier molecular flexibility index (Phi) is 5.07. The minimum atomic E-state index is -3.42. The first-order chi connectivity index (χ1) is 9.87. The Morgan fingerprint density at radius 3 is 2.62 bits per heavy atom. The Morgan fingerprint density at radius 2 is 2.00 bits per heavy atom. The molecule has 5 heteroatoms. The summed E-state index contributed by atoms with van der Waals surface area (Å²) in [6.07, 6.45) is 2.96. The first kappa shape index (κ1) is 16.5. The molecule has 1 saturated heterocycles. The normalized spacial score (nSPS) is 22.2. The Bertz CT molecular complexity index is 598. The fourth-order valence-electron chi connectivity index (χ4n) is 3.14. The highest BCUT2D eigenvalue weighted by atomic mass is 32.2. The number of benzene rings is 1. The van der Waals surface area contributed by atoms with E-state index in [0.29, 0.717) is 11.4 Å². The first-order valence-corrected chi connectivity index (χ1v) is 9.08.